The number of nitrogens with zero attached hydrogens (tertiary/aromatic N) is 1. The summed E-state index contributed by atoms with van der Waals surface area (Å²) < 4.78 is 19.3. The predicted molar refractivity (Wildman–Crippen MR) is 74.5 cm³/mol. The number of methoxy groups -OCH3 is 1. The largest absolute Gasteiger partial charge is 0.494 e. The molecule has 0 spiro atoms. The van der Waals surface area contributed by atoms with E-state index >= 15 is 0 Å². The zero-order chi connectivity index (χ0) is 13.0. The quantitative estimate of drug-likeness (QED) is 0.782. The van der Waals surface area contributed by atoms with E-state index in [0.29, 0.717) is 5.75 Å². The fourth-order valence-electron chi connectivity index (χ4n) is 1.40. The lowest BCUT2D eigenvalue weighted by molar-refractivity contribution is 0.386. The fraction of sp³-hybridized carbons (Fsp3) is 0.154. The normalized spacial score (nSPS) is 10.4. The predicted octanol–water partition coefficient (Wildman–Crippen LogP) is 4.28. The number of rotatable bonds is 4. The van der Waals surface area contributed by atoms with Crippen LogP contribution in [0, 0.1) is 5.82 Å². The monoisotopic (exact) mass is 327 g/mol. The lowest BCUT2D eigenvalue weighted by atomic mass is 10.2. The summed E-state index contributed by atoms with van der Waals surface area (Å²) in [5, 5.41) is 0.912. The molecule has 0 bridgehead atoms. The van der Waals surface area contributed by atoms with Crippen LogP contribution in [0.5, 0.6) is 5.75 Å². The third-order valence-corrected chi connectivity index (χ3v) is 3.79. The Labute approximate surface area is 118 Å². The Balaban J connectivity index is 2.02. The Morgan fingerprint density at radius 3 is 2.78 bits per heavy atom. The maximum absolute atomic E-state index is 13.5. The minimum absolute atomic E-state index is 0.269. The maximum atomic E-state index is 13.5. The number of benzene rings is 1. The smallest absolute Gasteiger partial charge is 0.165 e. The third-order valence-electron chi connectivity index (χ3n) is 2.30. The molecule has 2 nitrogen and oxygen atoms in total. The molecule has 5 heteroatoms. The zero-order valence-corrected chi connectivity index (χ0v) is 12.1. The van der Waals surface area contributed by atoms with Gasteiger partial charge in [0.2, 0.25) is 0 Å². The van der Waals surface area contributed by atoms with Crippen molar-refractivity contribution in [1.29, 1.82) is 0 Å². The minimum atomic E-state index is -0.334. The van der Waals surface area contributed by atoms with Gasteiger partial charge < -0.3 is 4.74 Å². The van der Waals surface area contributed by atoms with Crippen molar-refractivity contribution in [3.63, 3.8) is 0 Å². The van der Waals surface area contributed by atoms with Crippen molar-refractivity contribution in [2.75, 3.05) is 7.11 Å². The molecular formula is C13H11BrFNOS. The van der Waals surface area contributed by atoms with Crippen LogP contribution in [0.4, 0.5) is 4.39 Å². The molecule has 0 radical (unpaired) electrons. The molecule has 0 aliphatic heterocycles. The van der Waals surface area contributed by atoms with Crippen LogP contribution in [0.1, 0.15) is 5.56 Å². The zero-order valence-electron chi connectivity index (χ0n) is 9.69. The standard InChI is InChI=1S/C13H11BrFNOS/c1-17-12-4-2-9(6-11(12)15)8-18-13-5-3-10(14)7-16-13/h2-7H,8H2,1H3. The van der Waals surface area contributed by atoms with Crippen molar-refractivity contribution in [1.82, 2.24) is 4.98 Å². The second-order valence-electron chi connectivity index (χ2n) is 3.57. The lowest BCUT2D eigenvalue weighted by Gasteiger charge is -2.05. The summed E-state index contributed by atoms with van der Waals surface area (Å²) in [6.07, 6.45) is 1.75. The molecule has 0 N–H and O–H groups in total. The lowest BCUT2D eigenvalue weighted by Crippen LogP contribution is -1.90. The summed E-state index contributed by atoms with van der Waals surface area (Å²) in [4.78, 5) is 4.25. The SMILES string of the molecule is COc1ccc(CSc2ccc(Br)cn2)cc1F. The summed E-state index contributed by atoms with van der Waals surface area (Å²) in [7, 11) is 1.46. The van der Waals surface area contributed by atoms with E-state index in [9.17, 15) is 4.39 Å². The first kappa shape index (κ1) is 13.4. The van der Waals surface area contributed by atoms with E-state index in [0.717, 1.165) is 15.1 Å². The van der Waals surface area contributed by atoms with E-state index in [1.54, 1.807) is 24.0 Å². The van der Waals surface area contributed by atoms with E-state index < -0.39 is 0 Å². The molecule has 0 atom stereocenters. The molecule has 0 fully saturated rings. The maximum Gasteiger partial charge on any atom is 0.165 e. The van der Waals surface area contributed by atoms with Gasteiger partial charge >= 0.3 is 0 Å². The molecule has 0 amide bonds. The van der Waals surface area contributed by atoms with Crippen molar-refractivity contribution in [2.24, 2.45) is 0 Å². The molecule has 0 aliphatic rings. The van der Waals surface area contributed by atoms with Crippen LogP contribution in [0.2, 0.25) is 0 Å². The van der Waals surface area contributed by atoms with Crippen molar-refractivity contribution >= 4 is 27.7 Å². The molecular weight excluding hydrogens is 317 g/mol. The topological polar surface area (TPSA) is 22.1 Å². The van der Waals surface area contributed by atoms with Gasteiger partial charge in [-0.3, -0.25) is 0 Å². The van der Waals surface area contributed by atoms with Gasteiger partial charge in [-0.1, -0.05) is 6.07 Å². The molecule has 0 saturated carbocycles. The van der Waals surface area contributed by atoms with Gasteiger partial charge in [0.1, 0.15) is 0 Å². The molecule has 0 unspecified atom stereocenters. The molecule has 1 heterocycles. The number of halogens is 2. The number of ether oxygens (including phenoxy) is 1. The molecule has 1 aromatic heterocycles. The number of thioether (sulfide) groups is 1. The average molecular weight is 328 g/mol. The van der Waals surface area contributed by atoms with E-state index in [2.05, 4.69) is 20.9 Å². The highest BCUT2D eigenvalue weighted by molar-refractivity contribution is 9.10. The van der Waals surface area contributed by atoms with E-state index in [1.165, 1.54) is 13.2 Å². The Morgan fingerprint density at radius 1 is 1.33 bits per heavy atom. The van der Waals surface area contributed by atoms with Crippen LogP contribution < -0.4 is 4.74 Å². The molecule has 2 aromatic rings. The first-order valence-corrected chi connectivity index (χ1v) is 7.03. The second kappa shape index (κ2) is 6.20. The van der Waals surface area contributed by atoms with Crippen LogP contribution >= 0.6 is 27.7 Å². The molecule has 18 heavy (non-hydrogen) atoms. The third kappa shape index (κ3) is 3.46. The van der Waals surface area contributed by atoms with Crippen molar-refractivity contribution in [2.45, 2.75) is 10.8 Å². The Kier molecular flexibility index (Phi) is 4.60. The number of aromatic nitrogens is 1. The molecule has 1 aromatic carbocycles. The Hall–Kier alpha value is -1.07. The number of pyridine rings is 1. The van der Waals surface area contributed by atoms with Gasteiger partial charge in [0.25, 0.3) is 0 Å². The second-order valence-corrected chi connectivity index (χ2v) is 5.48. The molecule has 94 valence electrons. The Morgan fingerprint density at radius 2 is 2.17 bits per heavy atom. The van der Waals surface area contributed by atoms with E-state index in [-0.39, 0.29) is 11.6 Å². The average Bonchev–Trinajstić information content (AvgIpc) is 2.38. The van der Waals surface area contributed by atoms with Gasteiger partial charge in [-0.15, -0.1) is 11.8 Å². The molecule has 2 rings (SSSR count). The van der Waals surface area contributed by atoms with Gasteiger partial charge in [-0.05, 0) is 45.8 Å². The summed E-state index contributed by atoms with van der Waals surface area (Å²) in [5.74, 6) is 0.611. The van der Waals surface area contributed by atoms with Crippen LogP contribution in [0.15, 0.2) is 46.0 Å². The fourth-order valence-corrected chi connectivity index (χ4v) is 2.42. The van der Waals surface area contributed by atoms with Crippen LogP contribution in [-0.4, -0.2) is 12.1 Å². The van der Waals surface area contributed by atoms with Crippen LogP contribution in [0.3, 0.4) is 0 Å². The van der Waals surface area contributed by atoms with Crippen molar-refractivity contribution < 1.29 is 9.13 Å². The van der Waals surface area contributed by atoms with Gasteiger partial charge in [-0.25, -0.2) is 9.37 Å². The highest BCUT2D eigenvalue weighted by Gasteiger charge is 2.04. The highest BCUT2D eigenvalue weighted by atomic mass is 79.9. The highest BCUT2D eigenvalue weighted by Crippen LogP contribution is 2.24. The summed E-state index contributed by atoms with van der Waals surface area (Å²) in [5.41, 5.74) is 0.906. The van der Waals surface area contributed by atoms with Crippen molar-refractivity contribution in [3.05, 3.63) is 52.4 Å². The van der Waals surface area contributed by atoms with Crippen molar-refractivity contribution in [3.8, 4) is 5.75 Å². The van der Waals surface area contributed by atoms with Gasteiger partial charge in [0, 0.05) is 16.4 Å². The first-order chi connectivity index (χ1) is 8.69. The van der Waals surface area contributed by atoms with E-state index in [1.807, 2.05) is 18.2 Å². The first-order valence-electron chi connectivity index (χ1n) is 5.26. The summed E-state index contributed by atoms with van der Waals surface area (Å²) in [6, 6.07) is 8.84. The van der Waals surface area contributed by atoms with Crippen LogP contribution in [-0.2, 0) is 5.75 Å². The van der Waals surface area contributed by atoms with Gasteiger partial charge in [0.05, 0.1) is 12.1 Å². The number of hydrogen-bond acceptors (Lipinski definition) is 3. The minimum Gasteiger partial charge on any atom is -0.494 e. The van der Waals surface area contributed by atoms with Gasteiger partial charge in [0.15, 0.2) is 11.6 Å². The number of hydrogen-bond donors (Lipinski definition) is 0. The van der Waals surface area contributed by atoms with Gasteiger partial charge in [-0.2, -0.15) is 0 Å². The van der Waals surface area contributed by atoms with E-state index in [4.69, 9.17) is 4.74 Å². The Bertz CT molecular complexity index is 533. The molecule has 0 saturated heterocycles. The summed E-state index contributed by atoms with van der Waals surface area (Å²) in [6.45, 7) is 0. The summed E-state index contributed by atoms with van der Waals surface area (Å²) >= 11 is 4.90. The molecule has 0 aliphatic carbocycles. The van der Waals surface area contributed by atoms with Crippen LogP contribution in [0.25, 0.3) is 0 Å².